The Hall–Kier alpha value is -2.10. The fourth-order valence-electron chi connectivity index (χ4n) is 3.73. The van der Waals surface area contributed by atoms with Crippen molar-refractivity contribution in [2.24, 2.45) is 5.92 Å². The van der Waals surface area contributed by atoms with E-state index in [2.05, 4.69) is 5.10 Å². The van der Waals surface area contributed by atoms with Gasteiger partial charge in [0.2, 0.25) is 11.8 Å². The van der Waals surface area contributed by atoms with Gasteiger partial charge in [-0.2, -0.15) is 18.3 Å². The van der Waals surface area contributed by atoms with Gasteiger partial charge in [-0.25, -0.2) is 0 Å². The van der Waals surface area contributed by atoms with E-state index in [0.717, 1.165) is 0 Å². The highest BCUT2D eigenvalue weighted by Crippen LogP contribution is 2.32. The minimum atomic E-state index is -4.49. The zero-order chi connectivity index (χ0) is 19.5. The van der Waals surface area contributed by atoms with Crippen LogP contribution in [0.25, 0.3) is 0 Å². The van der Waals surface area contributed by atoms with Crippen LogP contribution in [0.3, 0.4) is 0 Å². The van der Waals surface area contributed by atoms with Crippen LogP contribution in [-0.4, -0.2) is 65.5 Å². The lowest BCUT2D eigenvalue weighted by Crippen LogP contribution is -2.57. The second-order valence-corrected chi connectivity index (χ2v) is 6.99. The number of likely N-dealkylation sites (tertiary alicyclic amines) is 1. The lowest BCUT2D eigenvalue weighted by Gasteiger charge is -2.42. The van der Waals surface area contributed by atoms with E-state index < -0.39 is 24.2 Å². The van der Waals surface area contributed by atoms with Crippen molar-refractivity contribution in [3.8, 4) is 0 Å². The first-order valence-electron chi connectivity index (χ1n) is 9.03. The lowest BCUT2D eigenvalue weighted by atomic mass is 9.85. The van der Waals surface area contributed by atoms with Gasteiger partial charge in [0.25, 0.3) is 0 Å². The predicted molar refractivity (Wildman–Crippen MR) is 88.6 cm³/mol. The second kappa shape index (κ2) is 7.87. The third kappa shape index (κ3) is 4.42. The van der Waals surface area contributed by atoms with Gasteiger partial charge < -0.3 is 15.0 Å². The number of alkyl halides is 3. The topological polar surface area (TPSA) is 76.5 Å². The highest BCUT2D eigenvalue weighted by Gasteiger charge is 2.46. The Bertz CT molecular complexity index is 649. The van der Waals surface area contributed by atoms with Crippen molar-refractivity contribution in [1.29, 1.82) is 0 Å². The van der Waals surface area contributed by atoms with Gasteiger partial charge in [-0.15, -0.1) is 0 Å². The SMILES string of the molecule is O=C(C1CCOCC1)N1CCC(C(=O)NCC(F)(F)F)(n2cccn2)CC1. The van der Waals surface area contributed by atoms with Crippen LogP contribution in [0.5, 0.6) is 0 Å². The molecule has 0 unspecified atom stereocenters. The van der Waals surface area contributed by atoms with Crippen molar-refractivity contribution >= 4 is 11.8 Å². The van der Waals surface area contributed by atoms with E-state index in [1.54, 1.807) is 17.2 Å². The Kier molecular flexibility index (Phi) is 5.73. The van der Waals surface area contributed by atoms with Crippen LogP contribution in [0.2, 0.25) is 0 Å². The molecule has 1 N–H and O–H groups in total. The first kappa shape index (κ1) is 19.7. The van der Waals surface area contributed by atoms with E-state index in [4.69, 9.17) is 4.74 Å². The molecule has 1 aromatic rings. The van der Waals surface area contributed by atoms with Crippen LogP contribution in [0, 0.1) is 5.92 Å². The zero-order valence-corrected chi connectivity index (χ0v) is 14.9. The Morgan fingerprint density at radius 1 is 1.22 bits per heavy atom. The quantitative estimate of drug-likeness (QED) is 0.844. The number of halogens is 3. The van der Waals surface area contributed by atoms with Crippen molar-refractivity contribution in [2.75, 3.05) is 32.8 Å². The molecule has 2 aliphatic rings. The van der Waals surface area contributed by atoms with Gasteiger partial charge in [-0.05, 0) is 31.7 Å². The number of hydrogen-bond acceptors (Lipinski definition) is 4. The number of nitrogens with zero attached hydrogens (tertiary/aromatic N) is 3. The Labute approximate surface area is 154 Å². The number of carbonyl (C=O) groups is 2. The van der Waals surface area contributed by atoms with Crippen LogP contribution in [-0.2, 0) is 19.9 Å². The highest BCUT2D eigenvalue weighted by atomic mass is 19.4. The summed E-state index contributed by atoms with van der Waals surface area (Å²) in [6.07, 6.45) is 0.347. The molecule has 3 rings (SSSR count). The summed E-state index contributed by atoms with van der Waals surface area (Å²) in [6, 6.07) is 1.62. The maximum absolute atomic E-state index is 12.7. The maximum atomic E-state index is 12.7. The number of ether oxygens (including phenoxy) is 1. The molecule has 2 fully saturated rings. The summed E-state index contributed by atoms with van der Waals surface area (Å²) in [5, 5.41) is 6.08. The molecule has 0 radical (unpaired) electrons. The van der Waals surface area contributed by atoms with E-state index in [-0.39, 0.29) is 24.7 Å². The molecule has 3 heterocycles. The average Bonchev–Trinajstić information content (AvgIpc) is 3.21. The predicted octanol–water partition coefficient (Wildman–Crippen LogP) is 1.31. The molecule has 0 saturated carbocycles. The minimum Gasteiger partial charge on any atom is -0.381 e. The van der Waals surface area contributed by atoms with Crippen molar-refractivity contribution in [2.45, 2.75) is 37.4 Å². The standard InChI is InChI=1S/C17H23F3N4O3/c18-17(19,20)12-21-15(26)16(24-7-1-6-22-24)4-8-23(9-5-16)14(25)13-2-10-27-11-3-13/h1,6-7,13H,2-5,8-12H2,(H,21,26). The Balaban J connectivity index is 1.69. The Morgan fingerprint density at radius 3 is 2.44 bits per heavy atom. The van der Waals surface area contributed by atoms with Gasteiger partial charge in [0, 0.05) is 44.6 Å². The fourth-order valence-corrected chi connectivity index (χ4v) is 3.73. The van der Waals surface area contributed by atoms with Crippen molar-refractivity contribution in [3.05, 3.63) is 18.5 Å². The number of piperidine rings is 1. The average molecular weight is 388 g/mol. The number of hydrogen-bond donors (Lipinski definition) is 1. The first-order valence-corrected chi connectivity index (χ1v) is 9.03. The van der Waals surface area contributed by atoms with Crippen molar-refractivity contribution < 1.29 is 27.5 Å². The number of amides is 2. The molecule has 7 nitrogen and oxygen atoms in total. The largest absolute Gasteiger partial charge is 0.405 e. The zero-order valence-electron chi connectivity index (χ0n) is 14.9. The van der Waals surface area contributed by atoms with E-state index in [1.807, 2.05) is 5.32 Å². The van der Waals surface area contributed by atoms with E-state index in [0.29, 0.717) is 39.1 Å². The second-order valence-electron chi connectivity index (χ2n) is 6.99. The number of rotatable bonds is 4. The first-order chi connectivity index (χ1) is 12.8. The van der Waals surface area contributed by atoms with Crippen molar-refractivity contribution in [1.82, 2.24) is 20.0 Å². The van der Waals surface area contributed by atoms with Gasteiger partial charge in [0.05, 0.1) is 0 Å². The normalized spacial score (nSPS) is 21.1. The Morgan fingerprint density at radius 2 is 1.89 bits per heavy atom. The van der Waals surface area contributed by atoms with Gasteiger partial charge in [0.1, 0.15) is 12.1 Å². The molecule has 0 aromatic carbocycles. The summed E-state index contributed by atoms with van der Waals surface area (Å²) in [5.74, 6) is -0.778. The molecular formula is C17H23F3N4O3. The molecule has 2 aliphatic heterocycles. The van der Waals surface area contributed by atoms with Crippen LogP contribution < -0.4 is 5.32 Å². The number of nitrogens with one attached hydrogen (secondary N) is 1. The number of aromatic nitrogens is 2. The summed E-state index contributed by atoms with van der Waals surface area (Å²) in [4.78, 5) is 27.0. The molecule has 2 amide bonds. The third-order valence-corrected chi connectivity index (χ3v) is 5.29. The molecule has 0 aliphatic carbocycles. The molecule has 0 spiro atoms. The van der Waals surface area contributed by atoms with Gasteiger partial charge in [-0.1, -0.05) is 0 Å². The summed E-state index contributed by atoms with van der Waals surface area (Å²) >= 11 is 0. The van der Waals surface area contributed by atoms with Gasteiger partial charge >= 0.3 is 6.18 Å². The summed E-state index contributed by atoms with van der Waals surface area (Å²) < 4.78 is 44.3. The van der Waals surface area contributed by atoms with Crippen LogP contribution in [0.15, 0.2) is 18.5 Å². The molecule has 150 valence electrons. The van der Waals surface area contributed by atoms with Crippen molar-refractivity contribution in [3.63, 3.8) is 0 Å². The summed E-state index contributed by atoms with van der Waals surface area (Å²) in [7, 11) is 0. The maximum Gasteiger partial charge on any atom is 0.405 e. The fraction of sp³-hybridized carbons (Fsp3) is 0.706. The molecule has 1 aromatic heterocycles. The third-order valence-electron chi connectivity index (χ3n) is 5.29. The van der Waals surface area contributed by atoms with Crippen LogP contribution in [0.4, 0.5) is 13.2 Å². The van der Waals surface area contributed by atoms with Crippen LogP contribution >= 0.6 is 0 Å². The minimum absolute atomic E-state index is 0.0306. The molecule has 0 atom stereocenters. The molecule has 10 heteroatoms. The molecule has 2 saturated heterocycles. The van der Waals surface area contributed by atoms with E-state index in [9.17, 15) is 22.8 Å². The highest BCUT2D eigenvalue weighted by molar-refractivity contribution is 5.85. The monoisotopic (exact) mass is 388 g/mol. The molecule has 0 bridgehead atoms. The number of carbonyl (C=O) groups excluding carboxylic acids is 2. The van der Waals surface area contributed by atoms with E-state index >= 15 is 0 Å². The van der Waals surface area contributed by atoms with Crippen LogP contribution in [0.1, 0.15) is 25.7 Å². The molecular weight excluding hydrogens is 365 g/mol. The summed E-state index contributed by atoms with van der Waals surface area (Å²) in [6.45, 7) is 0.327. The van der Waals surface area contributed by atoms with Gasteiger partial charge in [-0.3, -0.25) is 14.3 Å². The molecule has 27 heavy (non-hydrogen) atoms. The summed E-state index contributed by atoms with van der Waals surface area (Å²) in [5.41, 5.74) is -1.22. The van der Waals surface area contributed by atoms with Gasteiger partial charge in [0.15, 0.2) is 0 Å². The smallest absolute Gasteiger partial charge is 0.381 e. The lowest BCUT2D eigenvalue weighted by molar-refractivity contribution is -0.149. The van der Waals surface area contributed by atoms with E-state index in [1.165, 1.54) is 10.9 Å².